The van der Waals surface area contributed by atoms with Crippen LogP contribution in [0, 0.1) is 5.82 Å². The van der Waals surface area contributed by atoms with Gasteiger partial charge in [0, 0.05) is 42.8 Å². The number of aromatic nitrogens is 2. The Hall–Kier alpha value is -3.52. The SMILES string of the molecule is CC(C)N(C(=O)c1nn(-c2ccc(F)cc2)ccc1=O)c1ccc(N2CCOCC2)cc1. The summed E-state index contributed by atoms with van der Waals surface area (Å²) in [6.07, 6.45) is 1.46. The number of amides is 1. The number of benzene rings is 2. The first kappa shape index (κ1) is 21.7. The molecular formula is C24H25FN4O3. The topological polar surface area (TPSA) is 67.7 Å². The third kappa shape index (κ3) is 4.55. The first-order valence-corrected chi connectivity index (χ1v) is 10.6. The first-order valence-electron chi connectivity index (χ1n) is 10.6. The number of ether oxygens (including phenoxy) is 1. The Bertz CT molecular complexity index is 1140. The molecule has 32 heavy (non-hydrogen) atoms. The van der Waals surface area contributed by atoms with Crippen LogP contribution in [0.25, 0.3) is 5.69 Å². The molecule has 1 amide bonds. The fourth-order valence-corrected chi connectivity index (χ4v) is 3.70. The second-order valence-electron chi connectivity index (χ2n) is 7.83. The number of hydrogen-bond donors (Lipinski definition) is 0. The van der Waals surface area contributed by atoms with Crippen molar-refractivity contribution in [3.05, 3.63) is 82.5 Å². The maximum absolute atomic E-state index is 13.4. The van der Waals surface area contributed by atoms with E-state index in [-0.39, 0.29) is 17.6 Å². The third-order valence-corrected chi connectivity index (χ3v) is 5.34. The maximum atomic E-state index is 13.4. The Labute approximate surface area is 185 Å². The van der Waals surface area contributed by atoms with Crippen LogP contribution in [0.5, 0.6) is 0 Å². The van der Waals surface area contributed by atoms with E-state index in [0.717, 1.165) is 18.8 Å². The lowest BCUT2D eigenvalue weighted by Crippen LogP contribution is -2.40. The fourth-order valence-electron chi connectivity index (χ4n) is 3.70. The van der Waals surface area contributed by atoms with E-state index < -0.39 is 11.3 Å². The molecule has 0 bridgehead atoms. The highest BCUT2D eigenvalue weighted by atomic mass is 19.1. The minimum Gasteiger partial charge on any atom is -0.378 e. The molecule has 7 nitrogen and oxygen atoms in total. The number of carbonyl (C=O) groups excluding carboxylic acids is 1. The lowest BCUT2D eigenvalue weighted by Gasteiger charge is -2.30. The Balaban J connectivity index is 1.64. The van der Waals surface area contributed by atoms with Crippen molar-refractivity contribution < 1.29 is 13.9 Å². The molecule has 1 fully saturated rings. The highest BCUT2D eigenvalue weighted by molar-refractivity contribution is 6.05. The van der Waals surface area contributed by atoms with Crippen LogP contribution in [0.1, 0.15) is 24.3 Å². The lowest BCUT2D eigenvalue weighted by molar-refractivity contribution is 0.0972. The lowest BCUT2D eigenvalue weighted by atomic mass is 10.2. The Morgan fingerprint density at radius 1 is 1.00 bits per heavy atom. The molecule has 0 radical (unpaired) electrons. The minimum absolute atomic E-state index is 0.192. The summed E-state index contributed by atoms with van der Waals surface area (Å²) in [5, 5.41) is 4.26. The third-order valence-electron chi connectivity index (χ3n) is 5.34. The summed E-state index contributed by atoms with van der Waals surface area (Å²) >= 11 is 0. The summed E-state index contributed by atoms with van der Waals surface area (Å²) in [5.41, 5.74) is 1.63. The molecule has 1 aliphatic heterocycles. The van der Waals surface area contributed by atoms with Crippen LogP contribution in [0.4, 0.5) is 15.8 Å². The van der Waals surface area contributed by atoms with Gasteiger partial charge in [-0.15, -0.1) is 0 Å². The van der Waals surface area contributed by atoms with Gasteiger partial charge in [0.25, 0.3) is 5.91 Å². The summed E-state index contributed by atoms with van der Waals surface area (Å²) in [4.78, 5) is 29.7. The molecule has 0 aliphatic carbocycles. The number of rotatable bonds is 5. The van der Waals surface area contributed by atoms with Crippen LogP contribution in [0.15, 0.2) is 65.6 Å². The Kier molecular flexibility index (Phi) is 6.32. The minimum atomic E-state index is -0.486. The zero-order valence-electron chi connectivity index (χ0n) is 18.1. The van der Waals surface area contributed by atoms with Crippen molar-refractivity contribution in [1.82, 2.24) is 9.78 Å². The van der Waals surface area contributed by atoms with Crippen molar-refractivity contribution in [2.24, 2.45) is 0 Å². The summed E-state index contributed by atoms with van der Waals surface area (Å²) in [6.45, 7) is 6.80. The van der Waals surface area contributed by atoms with E-state index in [1.165, 1.54) is 41.2 Å². The van der Waals surface area contributed by atoms with Gasteiger partial charge in [0.05, 0.1) is 18.9 Å². The van der Waals surface area contributed by atoms with Crippen LogP contribution in [-0.4, -0.2) is 48.0 Å². The zero-order valence-corrected chi connectivity index (χ0v) is 18.1. The van der Waals surface area contributed by atoms with Crippen molar-refractivity contribution in [3.8, 4) is 5.69 Å². The van der Waals surface area contributed by atoms with E-state index in [1.54, 1.807) is 4.90 Å². The monoisotopic (exact) mass is 436 g/mol. The van der Waals surface area contributed by atoms with E-state index >= 15 is 0 Å². The number of carbonyl (C=O) groups is 1. The van der Waals surface area contributed by atoms with Crippen molar-refractivity contribution >= 4 is 17.3 Å². The van der Waals surface area contributed by atoms with Gasteiger partial charge < -0.3 is 14.5 Å². The molecule has 1 saturated heterocycles. The number of hydrogen-bond acceptors (Lipinski definition) is 5. The molecule has 0 saturated carbocycles. The molecule has 8 heteroatoms. The van der Waals surface area contributed by atoms with Crippen molar-refractivity contribution in [3.63, 3.8) is 0 Å². The van der Waals surface area contributed by atoms with Crippen LogP contribution in [0.2, 0.25) is 0 Å². The fraction of sp³-hybridized carbons (Fsp3) is 0.292. The van der Waals surface area contributed by atoms with Gasteiger partial charge in [0.1, 0.15) is 5.82 Å². The molecule has 0 unspecified atom stereocenters. The molecule has 2 heterocycles. The standard InChI is InChI=1S/C24H25FN4O3/c1-17(2)29(21-9-7-19(8-10-21)27-13-15-32-16-14-27)24(31)23-22(30)11-12-28(26-23)20-5-3-18(25)4-6-20/h3-12,17H,13-16H2,1-2H3. The molecule has 0 spiro atoms. The van der Waals surface area contributed by atoms with Gasteiger partial charge in [-0.3, -0.25) is 9.59 Å². The van der Waals surface area contributed by atoms with E-state index in [2.05, 4.69) is 10.00 Å². The van der Waals surface area contributed by atoms with Crippen molar-refractivity contribution in [2.45, 2.75) is 19.9 Å². The van der Waals surface area contributed by atoms with Crippen LogP contribution >= 0.6 is 0 Å². The van der Waals surface area contributed by atoms with Crippen LogP contribution < -0.4 is 15.2 Å². The van der Waals surface area contributed by atoms with E-state index in [1.807, 2.05) is 38.1 Å². The largest absolute Gasteiger partial charge is 0.378 e. The first-order chi connectivity index (χ1) is 15.4. The number of morpholine rings is 1. The van der Waals surface area contributed by atoms with E-state index in [0.29, 0.717) is 24.6 Å². The second kappa shape index (κ2) is 9.32. The summed E-state index contributed by atoms with van der Waals surface area (Å²) in [5.74, 6) is -0.863. The summed E-state index contributed by atoms with van der Waals surface area (Å²) in [6, 6.07) is 14.5. The van der Waals surface area contributed by atoms with Gasteiger partial charge in [0.2, 0.25) is 5.43 Å². The van der Waals surface area contributed by atoms with Crippen LogP contribution in [-0.2, 0) is 4.74 Å². The summed E-state index contributed by atoms with van der Waals surface area (Å²) in [7, 11) is 0. The van der Waals surface area contributed by atoms with Gasteiger partial charge in [0.15, 0.2) is 5.69 Å². The summed E-state index contributed by atoms with van der Waals surface area (Å²) < 4.78 is 20.1. The van der Waals surface area contributed by atoms with E-state index in [9.17, 15) is 14.0 Å². The van der Waals surface area contributed by atoms with Gasteiger partial charge >= 0.3 is 0 Å². The zero-order chi connectivity index (χ0) is 22.7. The quantitative estimate of drug-likeness (QED) is 0.614. The number of anilines is 2. The van der Waals surface area contributed by atoms with Crippen molar-refractivity contribution in [2.75, 3.05) is 36.1 Å². The predicted octanol–water partition coefficient (Wildman–Crippen LogP) is 3.26. The second-order valence-corrected chi connectivity index (χ2v) is 7.83. The van der Waals surface area contributed by atoms with E-state index in [4.69, 9.17) is 4.74 Å². The maximum Gasteiger partial charge on any atom is 0.283 e. The van der Waals surface area contributed by atoms with Gasteiger partial charge in [-0.05, 0) is 62.4 Å². The molecule has 0 atom stereocenters. The van der Waals surface area contributed by atoms with Crippen LogP contribution in [0.3, 0.4) is 0 Å². The molecule has 166 valence electrons. The average Bonchev–Trinajstić information content (AvgIpc) is 2.81. The number of nitrogens with zero attached hydrogens (tertiary/aromatic N) is 4. The smallest absolute Gasteiger partial charge is 0.283 e. The number of halogens is 1. The molecular weight excluding hydrogens is 411 g/mol. The average molecular weight is 436 g/mol. The molecule has 0 N–H and O–H groups in total. The van der Waals surface area contributed by atoms with Gasteiger partial charge in [-0.2, -0.15) is 5.10 Å². The Morgan fingerprint density at radius 2 is 1.62 bits per heavy atom. The van der Waals surface area contributed by atoms with Gasteiger partial charge in [-0.25, -0.2) is 9.07 Å². The molecule has 3 aromatic rings. The Morgan fingerprint density at radius 3 is 2.25 bits per heavy atom. The molecule has 1 aromatic heterocycles. The van der Waals surface area contributed by atoms with Crippen molar-refractivity contribution in [1.29, 1.82) is 0 Å². The van der Waals surface area contributed by atoms with Gasteiger partial charge in [-0.1, -0.05) is 0 Å². The molecule has 4 rings (SSSR count). The highest BCUT2D eigenvalue weighted by Gasteiger charge is 2.25. The predicted molar refractivity (Wildman–Crippen MR) is 121 cm³/mol. The molecule has 1 aliphatic rings. The normalized spacial score (nSPS) is 13.9. The highest BCUT2D eigenvalue weighted by Crippen LogP contribution is 2.24. The molecule has 2 aromatic carbocycles.